The minimum atomic E-state index is 0.434. The molecule has 0 radical (unpaired) electrons. The van der Waals surface area contributed by atoms with E-state index in [9.17, 15) is 0 Å². The standard InChI is InChI=1S/C9H15N3S/c1-7-3-11-9(13-5-7)8-4-10-6-12(8)2/h4,6-7,9,11H,3,5H2,1-2H3. The molecule has 72 valence electrons. The van der Waals surface area contributed by atoms with Crippen molar-refractivity contribution in [3.8, 4) is 0 Å². The number of nitrogens with zero attached hydrogens (tertiary/aromatic N) is 2. The van der Waals surface area contributed by atoms with E-state index in [0.717, 1.165) is 12.5 Å². The van der Waals surface area contributed by atoms with Crippen molar-refractivity contribution in [1.82, 2.24) is 14.9 Å². The lowest BCUT2D eigenvalue weighted by molar-refractivity contribution is 0.518. The maximum Gasteiger partial charge on any atom is 0.0958 e. The third kappa shape index (κ3) is 1.89. The monoisotopic (exact) mass is 197 g/mol. The Balaban J connectivity index is 2.06. The predicted octanol–water partition coefficient (Wildman–Crippen LogP) is 1.39. The number of hydrogen-bond acceptors (Lipinski definition) is 3. The van der Waals surface area contributed by atoms with Crippen molar-refractivity contribution in [2.45, 2.75) is 12.3 Å². The van der Waals surface area contributed by atoms with Crippen LogP contribution in [0.15, 0.2) is 12.5 Å². The van der Waals surface area contributed by atoms with Gasteiger partial charge in [0.1, 0.15) is 0 Å². The van der Waals surface area contributed by atoms with Gasteiger partial charge in [-0.1, -0.05) is 6.92 Å². The van der Waals surface area contributed by atoms with Gasteiger partial charge in [0.2, 0.25) is 0 Å². The van der Waals surface area contributed by atoms with Gasteiger partial charge in [0.25, 0.3) is 0 Å². The summed E-state index contributed by atoms with van der Waals surface area (Å²) in [6, 6.07) is 0. The highest BCUT2D eigenvalue weighted by atomic mass is 32.2. The van der Waals surface area contributed by atoms with E-state index in [-0.39, 0.29) is 0 Å². The van der Waals surface area contributed by atoms with Gasteiger partial charge in [0.15, 0.2) is 0 Å². The van der Waals surface area contributed by atoms with E-state index in [2.05, 4.69) is 21.8 Å². The summed E-state index contributed by atoms with van der Waals surface area (Å²) in [5.41, 5.74) is 1.27. The van der Waals surface area contributed by atoms with Gasteiger partial charge in [0.05, 0.1) is 23.6 Å². The number of nitrogens with one attached hydrogen (secondary N) is 1. The zero-order valence-corrected chi connectivity index (χ0v) is 8.84. The lowest BCUT2D eigenvalue weighted by Crippen LogP contribution is -2.32. The molecule has 0 aromatic carbocycles. The first-order valence-corrected chi connectivity index (χ1v) is 5.63. The van der Waals surface area contributed by atoms with E-state index in [0.29, 0.717) is 5.37 Å². The molecule has 0 aliphatic carbocycles. The Labute approximate surface area is 82.9 Å². The van der Waals surface area contributed by atoms with Gasteiger partial charge in [-0.3, -0.25) is 0 Å². The molecule has 1 aliphatic heterocycles. The SMILES string of the molecule is CC1CNC(c2cncn2C)SC1. The second-order valence-electron chi connectivity index (χ2n) is 3.66. The summed E-state index contributed by atoms with van der Waals surface area (Å²) in [4.78, 5) is 4.13. The van der Waals surface area contributed by atoms with Crippen LogP contribution in [-0.4, -0.2) is 21.8 Å². The summed E-state index contributed by atoms with van der Waals surface area (Å²) >= 11 is 1.97. The molecule has 1 fully saturated rings. The van der Waals surface area contributed by atoms with E-state index in [1.165, 1.54) is 11.4 Å². The van der Waals surface area contributed by atoms with Crippen molar-refractivity contribution in [1.29, 1.82) is 0 Å². The van der Waals surface area contributed by atoms with Crippen molar-refractivity contribution in [2.75, 3.05) is 12.3 Å². The minimum Gasteiger partial charge on any atom is -0.336 e. The van der Waals surface area contributed by atoms with E-state index in [1.807, 2.05) is 31.3 Å². The molecule has 3 nitrogen and oxygen atoms in total. The lowest BCUT2D eigenvalue weighted by Gasteiger charge is -2.27. The molecular formula is C9H15N3S. The number of rotatable bonds is 1. The van der Waals surface area contributed by atoms with Gasteiger partial charge >= 0.3 is 0 Å². The second-order valence-corrected chi connectivity index (χ2v) is 4.79. The first-order valence-electron chi connectivity index (χ1n) is 4.58. The summed E-state index contributed by atoms with van der Waals surface area (Å²) in [5.74, 6) is 2.03. The summed E-state index contributed by atoms with van der Waals surface area (Å²) in [6.07, 6.45) is 3.80. The molecule has 1 aliphatic rings. The molecule has 4 heteroatoms. The lowest BCUT2D eigenvalue weighted by atomic mass is 10.2. The van der Waals surface area contributed by atoms with Crippen molar-refractivity contribution in [3.05, 3.63) is 18.2 Å². The molecule has 1 aromatic rings. The van der Waals surface area contributed by atoms with Crippen LogP contribution in [-0.2, 0) is 7.05 Å². The summed E-state index contributed by atoms with van der Waals surface area (Å²) < 4.78 is 2.08. The number of thioether (sulfide) groups is 1. The Morgan fingerprint density at radius 2 is 2.54 bits per heavy atom. The van der Waals surface area contributed by atoms with Crippen LogP contribution >= 0.6 is 11.8 Å². The zero-order valence-electron chi connectivity index (χ0n) is 8.03. The van der Waals surface area contributed by atoms with E-state index < -0.39 is 0 Å². The molecule has 0 spiro atoms. The Hall–Kier alpha value is -0.480. The molecular weight excluding hydrogens is 182 g/mol. The highest BCUT2D eigenvalue weighted by Crippen LogP contribution is 2.30. The molecule has 2 atom stereocenters. The number of aryl methyl sites for hydroxylation is 1. The minimum absolute atomic E-state index is 0.434. The first-order chi connectivity index (χ1) is 6.27. The molecule has 1 saturated heterocycles. The summed E-state index contributed by atoms with van der Waals surface area (Å²) in [7, 11) is 2.04. The average Bonchev–Trinajstić information content (AvgIpc) is 2.53. The molecule has 2 unspecified atom stereocenters. The van der Waals surface area contributed by atoms with Crippen molar-refractivity contribution < 1.29 is 0 Å². The fraction of sp³-hybridized carbons (Fsp3) is 0.667. The topological polar surface area (TPSA) is 29.9 Å². The van der Waals surface area contributed by atoms with E-state index in [4.69, 9.17) is 0 Å². The van der Waals surface area contributed by atoms with Crippen molar-refractivity contribution in [2.24, 2.45) is 13.0 Å². The van der Waals surface area contributed by atoms with Gasteiger partial charge in [-0.05, 0) is 18.2 Å². The molecule has 13 heavy (non-hydrogen) atoms. The maximum atomic E-state index is 4.13. The highest BCUT2D eigenvalue weighted by Gasteiger charge is 2.21. The average molecular weight is 197 g/mol. The highest BCUT2D eigenvalue weighted by molar-refractivity contribution is 7.99. The van der Waals surface area contributed by atoms with Crippen LogP contribution in [0.4, 0.5) is 0 Å². The molecule has 1 N–H and O–H groups in total. The van der Waals surface area contributed by atoms with Gasteiger partial charge in [0, 0.05) is 7.05 Å². The number of imidazole rings is 1. The molecule has 0 bridgehead atoms. The number of hydrogen-bond donors (Lipinski definition) is 1. The van der Waals surface area contributed by atoms with Gasteiger partial charge < -0.3 is 9.88 Å². The smallest absolute Gasteiger partial charge is 0.0958 e. The van der Waals surface area contributed by atoms with Crippen LogP contribution in [0.1, 0.15) is 18.0 Å². The normalized spacial score (nSPS) is 29.1. The molecule has 1 aromatic heterocycles. The summed E-state index contributed by atoms with van der Waals surface area (Å²) in [6.45, 7) is 3.39. The second kappa shape index (κ2) is 3.72. The molecule has 0 amide bonds. The van der Waals surface area contributed by atoms with Gasteiger partial charge in [-0.15, -0.1) is 11.8 Å². The Morgan fingerprint density at radius 1 is 1.69 bits per heavy atom. The van der Waals surface area contributed by atoms with Gasteiger partial charge in [-0.25, -0.2) is 4.98 Å². The fourth-order valence-corrected chi connectivity index (χ4v) is 2.75. The predicted molar refractivity (Wildman–Crippen MR) is 55.6 cm³/mol. The van der Waals surface area contributed by atoms with Crippen molar-refractivity contribution in [3.63, 3.8) is 0 Å². The van der Waals surface area contributed by atoms with Crippen LogP contribution in [0.5, 0.6) is 0 Å². The van der Waals surface area contributed by atoms with Crippen molar-refractivity contribution >= 4 is 11.8 Å². The number of aromatic nitrogens is 2. The Kier molecular flexibility index (Phi) is 2.60. The zero-order chi connectivity index (χ0) is 9.26. The molecule has 0 saturated carbocycles. The fourth-order valence-electron chi connectivity index (χ4n) is 1.50. The van der Waals surface area contributed by atoms with E-state index in [1.54, 1.807) is 0 Å². The van der Waals surface area contributed by atoms with Crippen LogP contribution in [0.2, 0.25) is 0 Å². The maximum absolute atomic E-state index is 4.13. The Morgan fingerprint density at radius 3 is 3.08 bits per heavy atom. The van der Waals surface area contributed by atoms with Crippen LogP contribution in [0.25, 0.3) is 0 Å². The quantitative estimate of drug-likeness (QED) is 0.738. The van der Waals surface area contributed by atoms with Crippen LogP contribution < -0.4 is 5.32 Å². The van der Waals surface area contributed by atoms with Crippen LogP contribution in [0.3, 0.4) is 0 Å². The molecule has 2 rings (SSSR count). The molecule has 2 heterocycles. The Bertz CT molecular complexity index is 276. The third-order valence-corrected chi connectivity index (χ3v) is 3.82. The summed E-state index contributed by atoms with van der Waals surface area (Å²) in [5, 5.41) is 3.95. The van der Waals surface area contributed by atoms with Crippen LogP contribution in [0, 0.1) is 5.92 Å². The van der Waals surface area contributed by atoms with E-state index >= 15 is 0 Å². The third-order valence-electron chi connectivity index (χ3n) is 2.32. The first kappa shape index (κ1) is 9.09. The largest absolute Gasteiger partial charge is 0.336 e. The van der Waals surface area contributed by atoms with Gasteiger partial charge in [-0.2, -0.15) is 0 Å².